The molecule has 0 unspecified atom stereocenters. The Morgan fingerprint density at radius 1 is 1.09 bits per heavy atom. The van der Waals surface area contributed by atoms with E-state index in [1.165, 1.54) is 0 Å². The smallest absolute Gasteiger partial charge is 0.240 e. The first-order chi connectivity index (χ1) is 10.6. The van der Waals surface area contributed by atoms with Crippen LogP contribution in [0.1, 0.15) is 44.1 Å². The molecular formula is C17H19N3O2. The second kappa shape index (κ2) is 5.80. The number of benzene rings is 1. The van der Waals surface area contributed by atoms with E-state index in [-0.39, 0.29) is 17.9 Å². The number of anilines is 1. The molecule has 5 heteroatoms. The summed E-state index contributed by atoms with van der Waals surface area (Å²) in [6.45, 7) is 0. The van der Waals surface area contributed by atoms with Gasteiger partial charge in [-0.05, 0) is 49.9 Å². The van der Waals surface area contributed by atoms with Crippen LogP contribution in [0.15, 0.2) is 24.3 Å². The van der Waals surface area contributed by atoms with Crippen LogP contribution in [-0.4, -0.2) is 17.9 Å². The Bertz CT molecular complexity index is 620. The maximum absolute atomic E-state index is 12.4. The highest BCUT2D eigenvalue weighted by molar-refractivity contribution is 6.13. The van der Waals surface area contributed by atoms with E-state index in [2.05, 4.69) is 10.6 Å². The molecule has 0 saturated heterocycles. The largest absolute Gasteiger partial charge is 0.352 e. The molecule has 0 radical (unpaired) electrons. The molecule has 2 fully saturated rings. The molecule has 2 aliphatic rings. The van der Waals surface area contributed by atoms with Crippen molar-refractivity contribution in [1.82, 2.24) is 5.32 Å². The van der Waals surface area contributed by atoms with Crippen LogP contribution in [0.4, 0.5) is 5.69 Å². The van der Waals surface area contributed by atoms with Crippen LogP contribution in [0.25, 0.3) is 0 Å². The van der Waals surface area contributed by atoms with E-state index in [1.807, 2.05) is 6.07 Å². The fraction of sp³-hybridized carbons (Fsp3) is 0.471. The maximum atomic E-state index is 12.4. The third kappa shape index (κ3) is 2.82. The zero-order valence-corrected chi connectivity index (χ0v) is 12.4. The Morgan fingerprint density at radius 2 is 1.73 bits per heavy atom. The minimum atomic E-state index is -0.892. The number of hydrogen-bond acceptors (Lipinski definition) is 3. The summed E-state index contributed by atoms with van der Waals surface area (Å²) in [4.78, 5) is 24.8. The summed E-state index contributed by atoms with van der Waals surface area (Å²) in [5, 5.41) is 14.6. The molecule has 1 aromatic carbocycles. The minimum Gasteiger partial charge on any atom is -0.352 e. The molecule has 2 amide bonds. The maximum Gasteiger partial charge on any atom is 0.240 e. The molecule has 2 saturated carbocycles. The van der Waals surface area contributed by atoms with Gasteiger partial charge in [-0.25, -0.2) is 0 Å². The number of carbonyl (C=O) groups excluding carboxylic acids is 2. The van der Waals surface area contributed by atoms with Crippen molar-refractivity contribution in [1.29, 1.82) is 5.26 Å². The third-order valence-corrected chi connectivity index (χ3v) is 4.58. The van der Waals surface area contributed by atoms with Gasteiger partial charge in [0.2, 0.25) is 11.8 Å². The first-order valence-electron chi connectivity index (χ1n) is 7.77. The van der Waals surface area contributed by atoms with Crippen molar-refractivity contribution in [3.63, 3.8) is 0 Å². The molecule has 0 spiro atoms. The summed E-state index contributed by atoms with van der Waals surface area (Å²) in [7, 11) is 0. The fourth-order valence-electron chi connectivity index (χ4n) is 2.95. The molecular weight excluding hydrogens is 278 g/mol. The zero-order valence-electron chi connectivity index (χ0n) is 12.4. The predicted molar refractivity (Wildman–Crippen MR) is 81.9 cm³/mol. The zero-order chi connectivity index (χ0) is 15.6. The van der Waals surface area contributed by atoms with Crippen molar-refractivity contribution in [2.75, 3.05) is 5.32 Å². The highest BCUT2D eigenvalue weighted by Gasteiger charge is 2.56. The standard InChI is InChI=1S/C17H19N3O2/c18-11-12-5-7-14(8-6-12)20-16(22)17(9-10-17)15(21)19-13-3-1-2-4-13/h5-8,13H,1-4,9-10H2,(H,19,21)(H,20,22). The van der Waals surface area contributed by atoms with Gasteiger partial charge in [-0.3, -0.25) is 9.59 Å². The van der Waals surface area contributed by atoms with Gasteiger partial charge in [-0.1, -0.05) is 12.8 Å². The molecule has 2 aliphatic carbocycles. The quantitative estimate of drug-likeness (QED) is 0.837. The molecule has 22 heavy (non-hydrogen) atoms. The van der Waals surface area contributed by atoms with Crippen LogP contribution in [-0.2, 0) is 9.59 Å². The fourth-order valence-corrected chi connectivity index (χ4v) is 2.95. The van der Waals surface area contributed by atoms with Crippen molar-refractivity contribution >= 4 is 17.5 Å². The second-order valence-corrected chi connectivity index (χ2v) is 6.18. The number of amides is 2. The Hall–Kier alpha value is -2.35. The summed E-state index contributed by atoms with van der Waals surface area (Å²) in [6.07, 6.45) is 5.53. The lowest BCUT2D eigenvalue weighted by Gasteiger charge is -2.18. The highest BCUT2D eigenvalue weighted by Crippen LogP contribution is 2.47. The van der Waals surface area contributed by atoms with Crippen molar-refractivity contribution in [2.45, 2.75) is 44.6 Å². The number of rotatable bonds is 4. The molecule has 0 aromatic heterocycles. The van der Waals surface area contributed by atoms with E-state index in [4.69, 9.17) is 5.26 Å². The normalized spacial score (nSPS) is 19.2. The number of nitrogens with zero attached hydrogens (tertiary/aromatic N) is 1. The Balaban J connectivity index is 1.62. The minimum absolute atomic E-state index is 0.134. The van der Waals surface area contributed by atoms with Gasteiger partial charge in [0.25, 0.3) is 0 Å². The van der Waals surface area contributed by atoms with Gasteiger partial charge in [0.1, 0.15) is 5.41 Å². The lowest BCUT2D eigenvalue weighted by molar-refractivity contribution is -0.134. The molecule has 0 heterocycles. The number of hydrogen-bond donors (Lipinski definition) is 2. The summed E-state index contributed by atoms with van der Waals surface area (Å²) in [5.74, 6) is -0.377. The molecule has 0 aliphatic heterocycles. The summed E-state index contributed by atoms with van der Waals surface area (Å²) in [6, 6.07) is 8.92. The van der Waals surface area contributed by atoms with Crippen LogP contribution in [0.5, 0.6) is 0 Å². The monoisotopic (exact) mass is 297 g/mol. The third-order valence-electron chi connectivity index (χ3n) is 4.58. The van der Waals surface area contributed by atoms with Gasteiger partial charge in [-0.15, -0.1) is 0 Å². The lowest BCUT2D eigenvalue weighted by Crippen LogP contribution is -2.43. The van der Waals surface area contributed by atoms with E-state index in [9.17, 15) is 9.59 Å². The topological polar surface area (TPSA) is 82.0 Å². The van der Waals surface area contributed by atoms with Crippen molar-refractivity contribution in [3.05, 3.63) is 29.8 Å². The second-order valence-electron chi connectivity index (χ2n) is 6.18. The molecule has 3 rings (SSSR count). The van der Waals surface area contributed by atoms with Gasteiger partial charge < -0.3 is 10.6 Å². The predicted octanol–water partition coefficient (Wildman–Crippen LogP) is 2.34. The Kier molecular flexibility index (Phi) is 3.84. The van der Waals surface area contributed by atoms with E-state index in [0.717, 1.165) is 25.7 Å². The molecule has 0 atom stereocenters. The van der Waals surface area contributed by atoms with Crippen LogP contribution in [0.3, 0.4) is 0 Å². The van der Waals surface area contributed by atoms with Crippen LogP contribution in [0.2, 0.25) is 0 Å². The van der Waals surface area contributed by atoms with Crippen molar-refractivity contribution in [2.24, 2.45) is 5.41 Å². The van der Waals surface area contributed by atoms with Crippen LogP contribution < -0.4 is 10.6 Å². The highest BCUT2D eigenvalue weighted by atomic mass is 16.2. The van der Waals surface area contributed by atoms with E-state index in [0.29, 0.717) is 24.1 Å². The Labute approximate surface area is 129 Å². The summed E-state index contributed by atoms with van der Waals surface area (Å²) < 4.78 is 0. The van der Waals surface area contributed by atoms with E-state index in [1.54, 1.807) is 24.3 Å². The van der Waals surface area contributed by atoms with E-state index >= 15 is 0 Å². The van der Waals surface area contributed by atoms with Crippen molar-refractivity contribution < 1.29 is 9.59 Å². The average Bonchev–Trinajstić information content (AvgIpc) is 3.20. The van der Waals surface area contributed by atoms with Gasteiger partial charge in [-0.2, -0.15) is 5.26 Å². The number of nitrogens with one attached hydrogen (secondary N) is 2. The molecule has 1 aromatic rings. The molecule has 114 valence electrons. The van der Waals surface area contributed by atoms with Crippen LogP contribution in [0, 0.1) is 16.7 Å². The number of carbonyl (C=O) groups is 2. The van der Waals surface area contributed by atoms with Gasteiger partial charge >= 0.3 is 0 Å². The first-order valence-corrected chi connectivity index (χ1v) is 7.77. The summed E-state index contributed by atoms with van der Waals surface area (Å²) >= 11 is 0. The number of nitriles is 1. The van der Waals surface area contributed by atoms with Gasteiger partial charge in [0.05, 0.1) is 11.6 Å². The van der Waals surface area contributed by atoms with E-state index < -0.39 is 5.41 Å². The lowest BCUT2D eigenvalue weighted by atomic mass is 10.0. The van der Waals surface area contributed by atoms with Gasteiger partial charge in [0.15, 0.2) is 0 Å². The summed E-state index contributed by atoms with van der Waals surface area (Å²) in [5.41, 5.74) is 0.262. The SMILES string of the molecule is N#Cc1ccc(NC(=O)C2(C(=O)NC3CCCC3)CC2)cc1. The molecule has 2 N–H and O–H groups in total. The Morgan fingerprint density at radius 3 is 2.27 bits per heavy atom. The molecule has 0 bridgehead atoms. The van der Waals surface area contributed by atoms with Gasteiger partial charge in [0, 0.05) is 11.7 Å². The van der Waals surface area contributed by atoms with Crippen LogP contribution >= 0.6 is 0 Å². The van der Waals surface area contributed by atoms with Crippen molar-refractivity contribution in [3.8, 4) is 6.07 Å². The molecule has 5 nitrogen and oxygen atoms in total. The average molecular weight is 297 g/mol. The first kappa shape index (κ1) is 14.6.